The van der Waals surface area contributed by atoms with Gasteiger partial charge in [0.25, 0.3) is 0 Å². The van der Waals surface area contributed by atoms with Crippen LogP contribution in [0.15, 0.2) is 36.4 Å². The summed E-state index contributed by atoms with van der Waals surface area (Å²) in [5, 5.41) is 17.1. The van der Waals surface area contributed by atoms with Crippen LogP contribution in [0.25, 0.3) is 0 Å². The number of hydrogen-bond donors (Lipinski definition) is 3. The summed E-state index contributed by atoms with van der Waals surface area (Å²) in [5.74, 6) is -0.225. The van der Waals surface area contributed by atoms with Crippen molar-refractivity contribution >= 4 is 5.91 Å². The molecule has 0 saturated heterocycles. The van der Waals surface area contributed by atoms with Crippen molar-refractivity contribution in [2.45, 2.75) is 76.0 Å². The first-order valence-electron chi connectivity index (χ1n) is 12.3. The van der Waals surface area contributed by atoms with Gasteiger partial charge in [-0.15, -0.1) is 0 Å². The second-order valence-electron chi connectivity index (χ2n) is 9.59. The molecule has 0 bridgehead atoms. The number of halogens is 2. The SMILES string of the molecule is CC(=O)N[C@@H](Cc1cc(F)cc(F)c1)[C@H](O)CN[C@H]1CCOc2ccc(C3CCCCC3)cc21. The number of rotatable bonds is 8. The van der Waals surface area contributed by atoms with E-state index in [-0.39, 0.29) is 24.9 Å². The third-order valence-electron chi connectivity index (χ3n) is 6.95. The minimum atomic E-state index is -0.942. The minimum Gasteiger partial charge on any atom is -0.493 e. The van der Waals surface area contributed by atoms with Gasteiger partial charge in [0.05, 0.1) is 18.8 Å². The molecule has 0 aromatic heterocycles. The van der Waals surface area contributed by atoms with E-state index in [1.54, 1.807) is 0 Å². The molecule has 3 N–H and O–H groups in total. The van der Waals surface area contributed by atoms with Crippen LogP contribution >= 0.6 is 0 Å². The van der Waals surface area contributed by atoms with E-state index in [9.17, 15) is 18.7 Å². The van der Waals surface area contributed by atoms with Crippen LogP contribution in [0.4, 0.5) is 8.78 Å². The second-order valence-corrected chi connectivity index (χ2v) is 9.59. The molecule has 2 aromatic rings. The van der Waals surface area contributed by atoms with Crippen molar-refractivity contribution in [2.75, 3.05) is 13.2 Å². The topological polar surface area (TPSA) is 70.6 Å². The molecule has 2 aliphatic rings. The molecule has 184 valence electrons. The Hall–Kier alpha value is -2.51. The number of hydrogen-bond acceptors (Lipinski definition) is 4. The van der Waals surface area contributed by atoms with Gasteiger partial charge in [0.1, 0.15) is 17.4 Å². The highest BCUT2D eigenvalue weighted by atomic mass is 19.1. The summed E-state index contributed by atoms with van der Waals surface area (Å²) < 4.78 is 33.1. The summed E-state index contributed by atoms with van der Waals surface area (Å²) in [4.78, 5) is 11.7. The molecule has 0 radical (unpaired) electrons. The average Bonchev–Trinajstić information content (AvgIpc) is 2.81. The first-order valence-corrected chi connectivity index (χ1v) is 12.3. The maximum atomic E-state index is 13.6. The first kappa shape index (κ1) is 24.6. The molecule has 1 fully saturated rings. The van der Waals surface area contributed by atoms with E-state index >= 15 is 0 Å². The lowest BCUT2D eigenvalue weighted by atomic mass is 9.82. The van der Waals surface area contributed by atoms with Crippen molar-refractivity contribution in [3.05, 3.63) is 64.7 Å². The van der Waals surface area contributed by atoms with Crippen LogP contribution < -0.4 is 15.4 Å². The summed E-state index contributed by atoms with van der Waals surface area (Å²) in [6.07, 6.45) is 6.23. The Kier molecular flexibility index (Phi) is 8.16. The molecule has 1 aliphatic heterocycles. The number of carbonyl (C=O) groups is 1. The fraction of sp³-hybridized carbons (Fsp3) is 0.519. The maximum Gasteiger partial charge on any atom is 0.217 e. The first-order chi connectivity index (χ1) is 16.4. The zero-order chi connectivity index (χ0) is 24.1. The second kappa shape index (κ2) is 11.3. The molecule has 3 atom stereocenters. The number of aliphatic hydroxyl groups is 1. The molecule has 1 aliphatic carbocycles. The highest BCUT2D eigenvalue weighted by Gasteiger charge is 2.27. The van der Waals surface area contributed by atoms with Gasteiger partial charge in [-0.3, -0.25) is 4.79 Å². The molecule has 5 nitrogen and oxygen atoms in total. The smallest absolute Gasteiger partial charge is 0.217 e. The van der Waals surface area contributed by atoms with E-state index < -0.39 is 23.8 Å². The Balaban J connectivity index is 1.44. The molecule has 7 heteroatoms. The molecule has 0 unspecified atom stereocenters. The van der Waals surface area contributed by atoms with Crippen LogP contribution in [0.2, 0.25) is 0 Å². The quantitative estimate of drug-likeness (QED) is 0.528. The van der Waals surface area contributed by atoms with E-state index in [1.165, 1.54) is 56.7 Å². The molecule has 1 saturated carbocycles. The number of ether oxygens (including phenoxy) is 1. The summed E-state index contributed by atoms with van der Waals surface area (Å²) in [5.41, 5.74) is 2.83. The van der Waals surface area contributed by atoms with E-state index in [1.807, 2.05) is 0 Å². The zero-order valence-electron chi connectivity index (χ0n) is 19.7. The van der Waals surface area contributed by atoms with Gasteiger partial charge in [-0.05, 0) is 54.5 Å². The molecular weight excluding hydrogens is 438 g/mol. The highest BCUT2D eigenvalue weighted by Crippen LogP contribution is 2.38. The van der Waals surface area contributed by atoms with Crippen LogP contribution in [0.3, 0.4) is 0 Å². The molecule has 1 heterocycles. The van der Waals surface area contributed by atoms with Gasteiger partial charge < -0.3 is 20.5 Å². The van der Waals surface area contributed by atoms with Gasteiger partial charge >= 0.3 is 0 Å². The van der Waals surface area contributed by atoms with E-state index in [4.69, 9.17) is 4.74 Å². The van der Waals surface area contributed by atoms with E-state index in [2.05, 4.69) is 28.8 Å². The van der Waals surface area contributed by atoms with Gasteiger partial charge in [0.15, 0.2) is 0 Å². The predicted octanol–water partition coefficient (Wildman–Crippen LogP) is 4.53. The molecular formula is C27H34F2N2O3. The van der Waals surface area contributed by atoms with Gasteiger partial charge in [0.2, 0.25) is 5.91 Å². The zero-order valence-corrected chi connectivity index (χ0v) is 19.7. The van der Waals surface area contributed by atoms with E-state index in [0.717, 1.165) is 23.8 Å². The van der Waals surface area contributed by atoms with Crippen molar-refractivity contribution in [3.8, 4) is 5.75 Å². The van der Waals surface area contributed by atoms with Gasteiger partial charge in [-0.1, -0.05) is 31.4 Å². The Labute approximate surface area is 199 Å². The van der Waals surface area contributed by atoms with Gasteiger partial charge in [0, 0.05) is 37.6 Å². The van der Waals surface area contributed by atoms with Crippen LogP contribution in [0.1, 0.15) is 74.1 Å². The lowest BCUT2D eigenvalue weighted by Crippen LogP contribution is -2.48. The predicted molar refractivity (Wildman–Crippen MR) is 127 cm³/mol. The third kappa shape index (κ3) is 6.33. The fourth-order valence-electron chi connectivity index (χ4n) is 5.25. The maximum absolute atomic E-state index is 13.6. The molecule has 1 amide bonds. The van der Waals surface area contributed by atoms with Gasteiger partial charge in [-0.2, -0.15) is 0 Å². The minimum absolute atomic E-state index is 0.0199. The summed E-state index contributed by atoms with van der Waals surface area (Å²) >= 11 is 0. The average molecular weight is 473 g/mol. The number of aliphatic hydroxyl groups excluding tert-OH is 1. The normalized spacial score (nSPS) is 20.2. The van der Waals surface area contributed by atoms with E-state index in [0.29, 0.717) is 18.1 Å². The van der Waals surface area contributed by atoms with Crippen LogP contribution in [-0.4, -0.2) is 36.3 Å². The van der Waals surface area contributed by atoms with Crippen molar-refractivity contribution in [2.24, 2.45) is 0 Å². The standard InChI is InChI=1S/C27H34F2N2O3/c1-17(32)31-25(13-18-11-21(28)15-22(29)12-18)26(33)16-30-24-9-10-34-27-8-7-20(14-23(24)27)19-5-3-2-4-6-19/h7-8,11-12,14-15,19,24-26,30,33H,2-6,9-10,13,16H2,1H3,(H,31,32)/t24-,25-,26+/m0/s1. The number of fused-ring (bicyclic) bond motifs is 1. The Bertz CT molecular complexity index is 974. The van der Waals surface area contributed by atoms with Crippen molar-refractivity contribution in [1.82, 2.24) is 10.6 Å². The lowest BCUT2D eigenvalue weighted by molar-refractivity contribution is -0.120. The summed E-state index contributed by atoms with van der Waals surface area (Å²) in [6, 6.07) is 9.07. The molecule has 34 heavy (non-hydrogen) atoms. The van der Waals surface area contributed by atoms with Crippen molar-refractivity contribution in [1.29, 1.82) is 0 Å². The number of carbonyl (C=O) groups excluding carboxylic acids is 1. The summed E-state index contributed by atoms with van der Waals surface area (Å²) in [7, 11) is 0. The number of nitrogens with one attached hydrogen (secondary N) is 2. The Morgan fingerprint density at radius 1 is 1.09 bits per heavy atom. The Morgan fingerprint density at radius 3 is 2.53 bits per heavy atom. The monoisotopic (exact) mass is 472 g/mol. The van der Waals surface area contributed by atoms with Crippen LogP contribution in [-0.2, 0) is 11.2 Å². The largest absolute Gasteiger partial charge is 0.493 e. The molecule has 4 rings (SSSR count). The Morgan fingerprint density at radius 2 is 1.82 bits per heavy atom. The van der Waals surface area contributed by atoms with Crippen molar-refractivity contribution < 1.29 is 23.4 Å². The van der Waals surface area contributed by atoms with Crippen molar-refractivity contribution in [3.63, 3.8) is 0 Å². The number of amides is 1. The fourth-order valence-corrected chi connectivity index (χ4v) is 5.25. The van der Waals surface area contributed by atoms with Crippen LogP contribution in [0, 0.1) is 11.6 Å². The third-order valence-corrected chi connectivity index (χ3v) is 6.95. The molecule has 2 aromatic carbocycles. The highest BCUT2D eigenvalue weighted by molar-refractivity contribution is 5.73. The number of benzene rings is 2. The van der Waals surface area contributed by atoms with Gasteiger partial charge in [-0.25, -0.2) is 8.78 Å². The lowest BCUT2D eigenvalue weighted by Gasteiger charge is -2.31. The molecule has 0 spiro atoms. The van der Waals surface area contributed by atoms with Crippen LogP contribution in [0.5, 0.6) is 5.75 Å². The summed E-state index contributed by atoms with van der Waals surface area (Å²) in [6.45, 7) is 2.17.